The van der Waals surface area contributed by atoms with E-state index in [-0.39, 0.29) is 11.4 Å². The van der Waals surface area contributed by atoms with E-state index in [1.165, 1.54) is 6.08 Å². The summed E-state index contributed by atoms with van der Waals surface area (Å²) in [5, 5.41) is 2.61. The fourth-order valence-corrected chi connectivity index (χ4v) is 1.42. The predicted molar refractivity (Wildman–Crippen MR) is 51.8 cm³/mol. The smallest absolute Gasteiger partial charge is 0.249 e. The van der Waals surface area contributed by atoms with E-state index >= 15 is 0 Å². The zero-order valence-corrected chi connectivity index (χ0v) is 8.25. The standard InChI is InChI=1S/C7H13N3O2S/c1-12-3-2-10-5(8)4-6(11)9-7(10)13/h4,7,13H,2-3,8H2,1H3,(H,9,11). The van der Waals surface area contributed by atoms with Gasteiger partial charge in [-0.3, -0.25) is 4.79 Å². The molecule has 1 aliphatic heterocycles. The van der Waals surface area contributed by atoms with Gasteiger partial charge < -0.3 is 20.7 Å². The molecule has 1 aliphatic rings. The molecule has 0 radical (unpaired) electrons. The number of thiol groups is 1. The van der Waals surface area contributed by atoms with Crippen LogP contribution in [-0.4, -0.2) is 36.6 Å². The van der Waals surface area contributed by atoms with Crippen LogP contribution >= 0.6 is 12.6 Å². The Labute approximate surface area is 82.3 Å². The van der Waals surface area contributed by atoms with Crippen molar-refractivity contribution in [3.8, 4) is 0 Å². The third-order valence-electron chi connectivity index (χ3n) is 1.71. The van der Waals surface area contributed by atoms with Crippen molar-refractivity contribution in [2.45, 2.75) is 5.50 Å². The van der Waals surface area contributed by atoms with Gasteiger partial charge in [-0.05, 0) is 0 Å². The normalized spacial score (nSPS) is 22.6. The number of rotatable bonds is 3. The van der Waals surface area contributed by atoms with Gasteiger partial charge in [0.15, 0.2) is 0 Å². The number of hydrogen-bond donors (Lipinski definition) is 3. The summed E-state index contributed by atoms with van der Waals surface area (Å²) in [5.41, 5.74) is 5.25. The fraction of sp³-hybridized carbons (Fsp3) is 0.571. The Bertz CT molecular complexity index is 232. The summed E-state index contributed by atoms with van der Waals surface area (Å²) in [6, 6.07) is 0. The largest absolute Gasteiger partial charge is 0.385 e. The van der Waals surface area contributed by atoms with Crippen LogP contribution in [0.1, 0.15) is 0 Å². The molecule has 0 aromatic heterocycles. The lowest BCUT2D eigenvalue weighted by molar-refractivity contribution is -0.118. The lowest BCUT2D eigenvalue weighted by atomic mass is 10.4. The van der Waals surface area contributed by atoms with Crippen LogP contribution in [0.25, 0.3) is 0 Å². The number of nitrogens with one attached hydrogen (secondary N) is 1. The van der Waals surface area contributed by atoms with Crippen LogP contribution < -0.4 is 11.1 Å². The van der Waals surface area contributed by atoms with Crippen molar-refractivity contribution in [3.63, 3.8) is 0 Å². The quantitative estimate of drug-likeness (QED) is 0.519. The average Bonchev–Trinajstić information content (AvgIpc) is 2.02. The molecule has 13 heavy (non-hydrogen) atoms. The van der Waals surface area contributed by atoms with E-state index in [0.29, 0.717) is 19.0 Å². The van der Waals surface area contributed by atoms with Gasteiger partial charge in [0.05, 0.1) is 6.61 Å². The Kier molecular flexibility index (Phi) is 3.44. The SMILES string of the molecule is COCCN1C(N)=CC(=O)NC1S. The first-order valence-electron chi connectivity index (χ1n) is 3.86. The molecule has 74 valence electrons. The first-order valence-corrected chi connectivity index (χ1v) is 4.38. The van der Waals surface area contributed by atoms with Crippen molar-refractivity contribution in [1.29, 1.82) is 0 Å². The van der Waals surface area contributed by atoms with E-state index in [2.05, 4.69) is 17.9 Å². The van der Waals surface area contributed by atoms with Gasteiger partial charge in [-0.1, -0.05) is 0 Å². The van der Waals surface area contributed by atoms with Crippen molar-refractivity contribution >= 4 is 18.5 Å². The van der Waals surface area contributed by atoms with Gasteiger partial charge >= 0.3 is 0 Å². The van der Waals surface area contributed by atoms with Crippen LogP contribution in [-0.2, 0) is 9.53 Å². The topological polar surface area (TPSA) is 67.6 Å². The van der Waals surface area contributed by atoms with E-state index in [0.717, 1.165) is 0 Å². The Hall–Kier alpha value is -0.880. The summed E-state index contributed by atoms with van der Waals surface area (Å²) in [6.07, 6.45) is 1.34. The lowest BCUT2D eigenvalue weighted by Crippen LogP contribution is -2.50. The second-order valence-corrected chi connectivity index (χ2v) is 3.13. The zero-order valence-electron chi connectivity index (χ0n) is 7.36. The maximum atomic E-state index is 10.9. The number of nitrogens with two attached hydrogens (primary N) is 1. The van der Waals surface area contributed by atoms with Crippen LogP contribution in [0.15, 0.2) is 11.9 Å². The molecule has 0 fully saturated rings. The molecule has 5 nitrogen and oxygen atoms in total. The second kappa shape index (κ2) is 4.38. The van der Waals surface area contributed by atoms with Crippen molar-refractivity contribution in [2.24, 2.45) is 5.73 Å². The summed E-state index contributed by atoms with van der Waals surface area (Å²) in [5.74, 6) is 0.201. The van der Waals surface area contributed by atoms with Gasteiger partial charge in [-0.15, -0.1) is 12.6 Å². The molecule has 0 bridgehead atoms. The highest BCUT2D eigenvalue weighted by atomic mass is 32.1. The summed E-state index contributed by atoms with van der Waals surface area (Å²) < 4.78 is 4.90. The Balaban J connectivity index is 2.61. The molecule has 0 spiro atoms. The third kappa shape index (κ3) is 2.53. The number of ether oxygens (including phenoxy) is 1. The van der Waals surface area contributed by atoms with Gasteiger partial charge in [-0.2, -0.15) is 0 Å². The molecule has 0 aromatic rings. The third-order valence-corrected chi connectivity index (χ3v) is 2.12. The minimum atomic E-state index is -0.368. The molecule has 0 aromatic carbocycles. The average molecular weight is 203 g/mol. The van der Waals surface area contributed by atoms with Crippen LogP contribution in [0.5, 0.6) is 0 Å². The van der Waals surface area contributed by atoms with Gasteiger partial charge in [0.25, 0.3) is 0 Å². The maximum absolute atomic E-state index is 10.9. The first kappa shape index (κ1) is 10.2. The minimum Gasteiger partial charge on any atom is -0.385 e. The second-order valence-electron chi connectivity index (χ2n) is 2.64. The number of nitrogens with zero attached hydrogens (tertiary/aromatic N) is 1. The molecule has 1 rings (SSSR count). The molecule has 0 saturated heterocycles. The predicted octanol–water partition coefficient (Wildman–Crippen LogP) is -0.922. The van der Waals surface area contributed by atoms with Crippen LogP contribution in [0, 0.1) is 0 Å². The van der Waals surface area contributed by atoms with Crippen molar-refractivity contribution < 1.29 is 9.53 Å². The molecule has 3 N–H and O–H groups in total. The molecule has 1 unspecified atom stereocenters. The number of amides is 1. The van der Waals surface area contributed by atoms with Gasteiger partial charge in [0.2, 0.25) is 5.91 Å². The van der Waals surface area contributed by atoms with Crippen LogP contribution in [0.4, 0.5) is 0 Å². The van der Waals surface area contributed by atoms with Gasteiger partial charge in [0, 0.05) is 19.7 Å². The van der Waals surface area contributed by atoms with Gasteiger partial charge in [-0.25, -0.2) is 0 Å². The van der Waals surface area contributed by atoms with E-state index in [4.69, 9.17) is 10.5 Å². The monoisotopic (exact) mass is 203 g/mol. The molecule has 0 aliphatic carbocycles. The number of hydrogen-bond acceptors (Lipinski definition) is 5. The lowest BCUT2D eigenvalue weighted by Gasteiger charge is -2.33. The number of carbonyl (C=O) groups is 1. The van der Waals surface area contributed by atoms with Gasteiger partial charge in [0.1, 0.15) is 11.3 Å². The zero-order chi connectivity index (χ0) is 9.84. The molecule has 6 heteroatoms. The summed E-state index contributed by atoms with van der Waals surface area (Å²) in [6.45, 7) is 1.15. The Morgan fingerprint density at radius 3 is 3.08 bits per heavy atom. The molecule has 1 atom stereocenters. The highest BCUT2D eigenvalue weighted by Gasteiger charge is 2.21. The van der Waals surface area contributed by atoms with Crippen LogP contribution in [0.3, 0.4) is 0 Å². The Morgan fingerprint density at radius 2 is 2.54 bits per heavy atom. The summed E-state index contributed by atoms with van der Waals surface area (Å²) in [7, 11) is 1.61. The Morgan fingerprint density at radius 1 is 1.85 bits per heavy atom. The van der Waals surface area contributed by atoms with Crippen molar-refractivity contribution in [3.05, 3.63) is 11.9 Å². The van der Waals surface area contributed by atoms with Crippen molar-refractivity contribution in [2.75, 3.05) is 20.3 Å². The summed E-state index contributed by atoms with van der Waals surface area (Å²) >= 11 is 4.17. The number of carbonyl (C=O) groups excluding carboxylic acids is 1. The number of methoxy groups -OCH3 is 1. The molecular formula is C7H13N3O2S. The first-order chi connectivity index (χ1) is 6.15. The van der Waals surface area contributed by atoms with E-state index in [1.54, 1.807) is 12.0 Å². The minimum absolute atomic E-state index is 0.217. The molecular weight excluding hydrogens is 190 g/mol. The summed E-state index contributed by atoms with van der Waals surface area (Å²) in [4.78, 5) is 12.7. The molecule has 0 saturated carbocycles. The maximum Gasteiger partial charge on any atom is 0.249 e. The molecule has 1 heterocycles. The fourth-order valence-electron chi connectivity index (χ4n) is 1.05. The van der Waals surface area contributed by atoms with Crippen molar-refractivity contribution in [1.82, 2.24) is 10.2 Å². The van der Waals surface area contributed by atoms with E-state index < -0.39 is 0 Å². The van der Waals surface area contributed by atoms with E-state index in [9.17, 15) is 4.79 Å². The van der Waals surface area contributed by atoms with Crippen LogP contribution in [0.2, 0.25) is 0 Å². The molecule has 1 amide bonds. The highest BCUT2D eigenvalue weighted by molar-refractivity contribution is 7.80. The van der Waals surface area contributed by atoms with E-state index in [1.807, 2.05) is 0 Å². The highest BCUT2D eigenvalue weighted by Crippen LogP contribution is 2.10.